The third-order valence-corrected chi connectivity index (χ3v) is 3.45. The second-order valence-corrected chi connectivity index (χ2v) is 5.01. The third-order valence-electron chi connectivity index (χ3n) is 3.45. The summed E-state index contributed by atoms with van der Waals surface area (Å²) >= 11 is 0. The summed E-state index contributed by atoms with van der Waals surface area (Å²) in [5.41, 5.74) is 0.482. The summed E-state index contributed by atoms with van der Waals surface area (Å²) in [5, 5.41) is 2.51. The maximum atomic E-state index is 13.5. The van der Waals surface area contributed by atoms with Crippen LogP contribution >= 0.6 is 0 Å². The van der Waals surface area contributed by atoms with Gasteiger partial charge in [0.15, 0.2) is 11.6 Å². The number of carbonyl (C=O) groups is 1. The van der Waals surface area contributed by atoms with Crippen LogP contribution in [0.2, 0.25) is 0 Å². The van der Waals surface area contributed by atoms with Crippen LogP contribution in [0.3, 0.4) is 0 Å². The fourth-order valence-electron chi connectivity index (χ4n) is 2.39. The highest BCUT2D eigenvalue weighted by molar-refractivity contribution is 5.94. The lowest BCUT2D eigenvalue weighted by atomic mass is 10.1. The van der Waals surface area contributed by atoms with E-state index in [-0.39, 0.29) is 17.9 Å². The number of hydrogen-bond acceptors (Lipinski definition) is 2. The van der Waals surface area contributed by atoms with Gasteiger partial charge in [-0.3, -0.25) is 4.79 Å². The quantitative estimate of drug-likeness (QED) is 0.947. The number of hydrogen-bond donors (Lipinski definition) is 1. The van der Waals surface area contributed by atoms with E-state index in [0.29, 0.717) is 12.5 Å². The van der Waals surface area contributed by atoms with Gasteiger partial charge in [0.2, 0.25) is 0 Å². The average molecular weight is 307 g/mol. The van der Waals surface area contributed by atoms with Crippen LogP contribution in [0.15, 0.2) is 36.4 Å². The Hall–Kier alpha value is -2.50. The molecule has 0 fully saturated rings. The molecule has 0 aliphatic carbocycles. The van der Waals surface area contributed by atoms with Crippen molar-refractivity contribution >= 4 is 5.91 Å². The third kappa shape index (κ3) is 2.77. The normalized spacial score (nSPS) is 16.0. The topological polar surface area (TPSA) is 38.3 Å². The highest BCUT2D eigenvalue weighted by Gasteiger charge is 2.26. The molecule has 22 heavy (non-hydrogen) atoms. The van der Waals surface area contributed by atoms with Gasteiger partial charge in [-0.15, -0.1) is 0 Å². The number of rotatable bonds is 3. The Morgan fingerprint density at radius 2 is 2.00 bits per heavy atom. The monoisotopic (exact) mass is 307 g/mol. The van der Waals surface area contributed by atoms with Crippen molar-refractivity contribution in [1.29, 1.82) is 0 Å². The molecule has 6 heteroatoms. The van der Waals surface area contributed by atoms with Crippen molar-refractivity contribution in [3.05, 3.63) is 65.0 Å². The molecule has 1 aliphatic heterocycles. The highest BCUT2D eigenvalue weighted by atomic mass is 19.1. The van der Waals surface area contributed by atoms with E-state index < -0.39 is 29.5 Å². The van der Waals surface area contributed by atoms with E-state index in [1.165, 1.54) is 6.07 Å². The predicted octanol–water partition coefficient (Wildman–Crippen LogP) is 2.84. The molecular formula is C16H12F3NO2. The maximum absolute atomic E-state index is 13.5. The number of para-hydroxylation sites is 1. The lowest BCUT2D eigenvalue weighted by molar-refractivity contribution is 0.0928. The van der Waals surface area contributed by atoms with E-state index >= 15 is 0 Å². The van der Waals surface area contributed by atoms with Crippen molar-refractivity contribution in [2.24, 2.45) is 0 Å². The zero-order valence-corrected chi connectivity index (χ0v) is 11.4. The van der Waals surface area contributed by atoms with E-state index in [9.17, 15) is 18.0 Å². The average Bonchev–Trinajstić information content (AvgIpc) is 2.89. The van der Waals surface area contributed by atoms with Gasteiger partial charge < -0.3 is 10.1 Å². The zero-order valence-electron chi connectivity index (χ0n) is 11.4. The molecule has 1 aliphatic rings. The Morgan fingerprint density at radius 1 is 1.18 bits per heavy atom. The number of benzene rings is 2. The summed E-state index contributed by atoms with van der Waals surface area (Å²) in [6, 6.07) is 7.37. The smallest absolute Gasteiger partial charge is 0.254 e. The minimum absolute atomic E-state index is 0.101. The first-order valence-corrected chi connectivity index (χ1v) is 6.72. The van der Waals surface area contributed by atoms with E-state index in [1.807, 2.05) is 0 Å². The summed E-state index contributed by atoms with van der Waals surface area (Å²) in [6.45, 7) is 0.101. The summed E-state index contributed by atoms with van der Waals surface area (Å²) in [5.74, 6) is -2.61. The van der Waals surface area contributed by atoms with Gasteiger partial charge in [0, 0.05) is 18.1 Å². The molecule has 1 amide bonds. The summed E-state index contributed by atoms with van der Waals surface area (Å²) in [4.78, 5) is 11.9. The summed E-state index contributed by atoms with van der Waals surface area (Å²) in [7, 11) is 0. The Kier molecular flexibility index (Phi) is 3.75. The number of carbonyl (C=O) groups excluding carboxylic acids is 1. The van der Waals surface area contributed by atoms with Gasteiger partial charge in [0.1, 0.15) is 17.7 Å². The van der Waals surface area contributed by atoms with E-state index in [4.69, 9.17) is 4.74 Å². The van der Waals surface area contributed by atoms with Gasteiger partial charge in [-0.2, -0.15) is 0 Å². The van der Waals surface area contributed by atoms with E-state index in [2.05, 4.69) is 5.32 Å². The Bertz CT molecular complexity index is 733. The SMILES string of the molecule is O=C(NC[C@@H]1Cc2cccc(F)c2O1)c1ccc(F)cc1F. The van der Waals surface area contributed by atoms with Gasteiger partial charge in [0.05, 0.1) is 12.1 Å². The van der Waals surface area contributed by atoms with Crippen molar-refractivity contribution in [2.45, 2.75) is 12.5 Å². The number of halogens is 3. The molecule has 2 aromatic carbocycles. The Morgan fingerprint density at radius 3 is 2.73 bits per heavy atom. The van der Waals surface area contributed by atoms with Gasteiger partial charge in [0.25, 0.3) is 5.91 Å². The van der Waals surface area contributed by atoms with Crippen LogP contribution in [0.5, 0.6) is 5.75 Å². The molecule has 0 unspecified atom stereocenters. The van der Waals surface area contributed by atoms with Crippen molar-refractivity contribution in [3.8, 4) is 5.75 Å². The largest absolute Gasteiger partial charge is 0.485 e. The van der Waals surface area contributed by atoms with Crippen LogP contribution in [0, 0.1) is 17.5 Å². The van der Waals surface area contributed by atoms with Crippen LogP contribution in [-0.4, -0.2) is 18.6 Å². The molecule has 0 saturated heterocycles. The summed E-state index contributed by atoms with van der Waals surface area (Å²) < 4.78 is 45.2. The Labute approximate surface area is 124 Å². The van der Waals surface area contributed by atoms with Crippen LogP contribution in [0.25, 0.3) is 0 Å². The van der Waals surface area contributed by atoms with Gasteiger partial charge >= 0.3 is 0 Å². The zero-order chi connectivity index (χ0) is 15.7. The molecule has 3 nitrogen and oxygen atoms in total. The van der Waals surface area contributed by atoms with E-state index in [0.717, 1.165) is 17.7 Å². The molecule has 1 atom stereocenters. The molecular weight excluding hydrogens is 295 g/mol. The lowest BCUT2D eigenvalue weighted by Crippen LogP contribution is -2.34. The lowest BCUT2D eigenvalue weighted by Gasteiger charge is -2.12. The van der Waals surface area contributed by atoms with Gasteiger partial charge in [-0.1, -0.05) is 12.1 Å². The minimum Gasteiger partial charge on any atom is -0.485 e. The number of fused-ring (bicyclic) bond motifs is 1. The standard InChI is InChI=1S/C16H12F3NO2/c17-10-4-5-12(14(19)7-10)16(21)20-8-11-6-9-2-1-3-13(18)15(9)22-11/h1-5,7,11H,6,8H2,(H,20,21)/t11-/m0/s1. The van der Waals surface area contributed by atoms with Crippen LogP contribution in [0.1, 0.15) is 15.9 Å². The Balaban J connectivity index is 1.62. The van der Waals surface area contributed by atoms with Gasteiger partial charge in [-0.05, 0) is 18.2 Å². The minimum atomic E-state index is -0.931. The molecule has 0 spiro atoms. The molecule has 114 valence electrons. The number of ether oxygens (including phenoxy) is 1. The van der Waals surface area contributed by atoms with Crippen molar-refractivity contribution in [3.63, 3.8) is 0 Å². The van der Waals surface area contributed by atoms with Crippen molar-refractivity contribution < 1.29 is 22.7 Å². The molecule has 1 heterocycles. The predicted molar refractivity (Wildman–Crippen MR) is 73.2 cm³/mol. The first-order valence-electron chi connectivity index (χ1n) is 6.72. The fraction of sp³-hybridized carbons (Fsp3) is 0.188. The molecule has 3 rings (SSSR count). The fourth-order valence-corrected chi connectivity index (χ4v) is 2.39. The molecule has 0 radical (unpaired) electrons. The van der Waals surface area contributed by atoms with Gasteiger partial charge in [-0.25, -0.2) is 13.2 Å². The first kappa shape index (κ1) is 14.4. The van der Waals surface area contributed by atoms with Crippen LogP contribution in [0.4, 0.5) is 13.2 Å². The molecule has 2 aromatic rings. The molecule has 1 N–H and O–H groups in total. The van der Waals surface area contributed by atoms with Crippen molar-refractivity contribution in [1.82, 2.24) is 5.32 Å². The maximum Gasteiger partial charge on any atom is 0.254 e. The summed E-state index contributed by atoms with van der Waals surface area (Å²) in [6.07, 6.45) is 0.0404. The molecule has 0 saturated carbocycles. The van der Waals surface area contributed by atoms with E-state index in [1.54, 1.807) is 12.1 Å². The highest BCUT2D eigenvalue weighted by Crippen LogP contribution is 2.31. The van der Waals surface area contributed by atoms with Crippen molar-refractivity contribution in [2.75, 3.05) is 6.54 Å². The van der Waals surface area contributed by atoms with Crippen LogP contribution < -0.4 is 10.1 Å². The molecule has 0 aromatic heterocycles. The first-order chi connectivity index (χ1) is 10.5. The number of nitrogens with one attached hydrogen (secondary N) is 1. The van der Waals surface area contributed by atoms with Crippen LogP contribution in [-0.2, 0) is 6.42 Å². The molecule has 0 bridgehead atoms. The number of amides is 1. The second kappa shape index (κ2) is 5.71. The second-order valence-electron chi connectivity index (χ2n) is 5.01.